The van der Waals surface area contributed by atoms with Gasteiger partial charge in [-0.05, 0) is 24.4 Å². The molecule has 1 aromatic carbocycles. The normalized spacial score (nSPS) is 13.3. The van der Waals surface area contributed by atoms with Crippen molar-refractivity contribution in [2.45, 2.75) is 13.0 Å². The second-order valence-corrected chi connectivity index (χ2v) is 5.11. The van der Waals surface area contributed by atoms with Gasteiger partial charge in [-0.25, -0.2) is 0 Å². The molecule has 0 spiro atoms. The van der Waals surface area contributed by atoms with E-state index >= 15 is 0 Å². The summed E-state index contributed by atoms with van der Waals surface area (Å²) < 4.78 is 0.787. The van der Waals surface area contributed by atoms with Gasteiger partial charge in [0.15, 0.2) is 0 Å². The van der Waals surface area contributed by atoms with Gasteiger partial charge < -0.3 is 10.2 Å². The van der Waals surface area contributed by atoms with E-state index < -0.39 is 6.10 Å². The number of rotatable bonds is 1. The smallest absolute Gasteiger partial charge is 0.136 e. The molecular weight excluding hydrogens is 255 g/mol. The number of phenolic OH excluding ortho intramolecular Hbond substituents is 1. The third-order valence-corrected chi connectivity index (χ3v) is 4.41. The van der Waals surface area contributed by atoms with Crippen molar-refractivity contribution in [3.63, 3.8) is 0 Å². The van der Waals surface area contributed by atoms with Gasteiger partial charge in [0.05, 0.1) is 15.8 Å². The van der Waals surface area contributed by atoms with Crippen molar-refractivity contribution >= 4 is 44.6 Å². The molecule has 1 aromatic heterocycles. The zero-order valence-electron chi connectivity index (χ0n) is 7.79. The molecule has 0 aliphatic heterocycles. The molecule has 0 amide bonds. The molecule has 0 saturated carbocycles. The lowest BCUT2D eigenvalue weighted by atomic mass is 10.2. The third-order valence-electron chi connectivity index (χ3n) is 2.10. The van der Waals surface area contributed by atoms with Crippen LogP contribution in [0, 0.1) is 0 Å². The summed E-state index contributed by atoms with van der Waals surface area (Å²) in [5.74, 6) is -0.0379. The highest BCUT2D eigenvalue weighted by atomic mass is 35.5. The number of fused-ring (bicyclic) bond motifs is 1. The standard InChI is InChI=1S/C10H8Cl2O2S/c1-4(13)7-3-5-2-6(14)8(11)9(12)10(5)15-7/h2-4,13-14H,1H3. The quantitative estimate of drug-likeness (QED) is 0.817. The molecule has 0 saturated heterocycles. The summed E-state index contributed by atoms with van der Waals surface area (Å²) >= 11 is 13.2. The van der Waals surface area contributed by atoms with E-state index in [1.54, 1.807) is 19.1 Å². The van der Waals surface area contributed by atoms with Crippen molar-refractivity contribution in [2.75, 3.05) is 0 Å². The van der Waals surface area contributed by atoms with Gasteiger partial charge in [-0.2, -0.15) is 0 Å². The van der Waals surface area contributed by atoms with Crippen molar-refractivity contribution in [2.24, 2.45) is 0 Å². The highest BCUT2D eigenvalue weighted by Gasteiger charge is 2.14. The number of hydrogen-bond acceptors (Lipinski definition) is 3. The lowest BCUT2D eigenvalue weighted by Gasteiger charge is -1.99. The first-order valence-corrected chi connectivity index (χ1v) is 5.86. The van der Waals surface area contributed by atoms with E-state index in [1.807, 2.05) is 0 Å². The maximum absolute atomic E-state index is 9.47. The Hall–Kier alpha value is -0.480. The Morgan fingerprint density at radius 3 is 2.53 bits per heavy atom. The average molecular weight is 263 g/mol. The molecular formula is C10H8Cl2O2S. The largest absolute Gasteiger partial charge is 0.506 e. The number of halogens is 2. The van der Waals surface area contributed by atoms with E-state index in [0.29, 0.717) is 5.02 Å². The number of aromatic hydroxyl groups is 1. The number of aliphatic hydroxyl groups excluding tert-OH is 1. The van der Waals surface area contributed by atoms with E-state index in [4.69, 9.17) is 23.2 Å². The fraction of sp³-hybridized carbons (Fsp3) is 0.200. The first-order chi connectivity index (χ1) is 7.00. The van der Waals surface area contributed by atoms with Gasteiger partial charge in [-0.15, -0.1) is 11.3 Å². The summed E-state index contributed by atoms with van der Waals surface area (Å²) in [5.41, 5.74) is 0. The van der Waals surface area contributed by atoms with E-state index in [-0.39, 0.29) is 10.8 Å². The maximum atomic E-state index is 9.47. The molecule has 1 unspecified atom stereocenters. The van der Waals surface area contributed by atoms with Gasteiger partial charge in [0, 0.05) is 4.88 Å². The summed E-state index contributed by atoms with van der Waals surface area (Å²) in [4.78, 5) is 0.800. The van der Waals surface area contributed by atoms with Crippen LogP contribution in [0.4, 0.5) is 0 Å². The van der Waals surface area contributed by atoms with Gasteiger partial charge in [0.1, 0.15) is 10.8 Å². The Morgan fingerprint density at radius 1 is 1.27 bits per heavy atom. The van der Waals surface area contributed by atoms with Gasteiger partial charge in [0.2, 0.25) is 0 Å². The molecule has 2 N–H and O–H groups in total. The molecule has 80 valence electrons. The molecule has 0 aliphatic carbocycles. The van der Waals surface area contributed by atoms with Crippen LogP contribution in [0.5, 0.6) is 5.75 Å². The zero-order valence-corrected chi connectivity index (χ0v) is 10.1. The Kier molecular flexibility index (Phi) is 2.81. The molecule has 2 rings (SSSR count). The minimum Gasteiger partial charge on any atom is -0.506 e. The van der Waals surface area contributed by atoms with Gasteiger partial charge in [0.25, 0.3) is 0 Å². The van der Waals surface area contributed by atoms with Gasteiger partial charge >= 0.3 is 0 Å². The maximum Gasteiger partial charge on any atom is 0.136 e. The van der Waals surface area contributed by atoms with Gasteiger partial charge in [-0.1, -0.05) is 23.2 Å². The van der Waals surface area contributed by atoms with Gasteiger partial charge in [-0.3, -0.25) is 0 Å². The number of aliphatic hydroxyl groups is 1. The Bertz CT molecular complexity index is 520. The fourth-order valence-electron chi connectivity index (χ4n) is 1.33. The van der Waals surface area contributed by atoms with Crippen molar-refractivity contribution in [3.05, 3.63) is 27.1 Å². The van der Waals surface area contributed by atoms with E-state index in [9.17, 15) is 10.2 Å². The second kappa shape index (κ2) is 3.83. The topological polar surface area (TPSA) is 40.5 Å². The van der Waals surface area contributed by atoms with Crippen molar-refractivity contribution in [1.29, 1.82) is 0 Å². The highest BCUT2D eigenvalue weighted by molar-refractivity contribution is 7.19. The first-order valence-electron chi connectivity index (χ1n) is 4.29. The molecule has 0 radical (unpaired) electrons. The predicted octanol–water partition coefficient (Wildman–Crippen LogP) is 3.97. The highest BCUT2D eigenvalue weighted by Crippen LogP contribution is 2.42. The summed E-state index contributed by atoms with van der Waals surface area (Å²) in [6, 6.07) is 3.35. The molecule has 2 nitrogen and oxygen atoms in total. The predicted molar refractivity (Wildman–Crippen MR) is 64.1 cm³/mol. The first kappa shape index (κ1) is 11.0. The Labute approximate surface area is 101 Å². The van der Waals surface area contributed by atoms with E-state index in [0.717, 1.165) is 15.0 Å². The number of thiophene rings is 1. The van der Waals surface area contributed by atoms with Crippen LogP contribution in [-0.4, -0.2) is 10.2 Å². The Balaban J connectivity index is 2.76. The lowest BCUT2D eigenvalue weighted by Crippen LogP contribution is -1.83. The summed E-state index contributed by atoms with van der Waals surface area (Å²) in [5, 5.41) is 20.2. The van der Waals surface area contributed by atoms with Crippen LogP contribution in [0.2, 0.25) is 10.0 Å². The van der Waals surface area contributed by atoms with Crippen LogP contribution >= 0.6 is 34.5 Å². The van der Waals surface area contributed by atoms with E-state index in [2.05, 4.69) is 0 Å². The van der Waals surface area contributed by atoms with Crippen LogP contribution in [0.15, 0.2) is 12.1 Å². The van der Waals surface area contributed by atoms with Crippen molar-refractivity contribution in [1.82, 2.24) is 0 Å². The Morgan fingerprint density at radius 2 is 1.93 bits per heavy atom. The number of hydrogen-bond donors (Lipinski definition) is 2. The van der Waals surface area contributed by atoms with Crippen LogP contribution < -0.4 is 0 Å². The molecule has 1 atom stereocenters. The molecule has 0 aliphatic rings. The second-order valence-electron chi connectivity index (χ2n) is 3.27. The summed E-state index contributed by atoms with van der Waals surface area (Å²) in [6.45, 7) is 1.68. The van der Waals surface area contributed by atoms with E-state index in [1.165, 1.54) is 11.3 Å². The minimum absolute atomic E-state index is 0.0379. The number of benzene rings is 1. The molecule has 0 fully saturated rings. The molecule has 5 heteroatoms. The van der Waals surface area contributed by atoms with Crippen LogP contribution in [-0.2, 0) is 0 Å². The minimum atomic E-state index is -0.542. The molecule has 0 bridgehead atoms. The fourth-order valence-corrected chi connectivity index (χ4v) is 2.88. The third kappa shape index (κ3) is 1.81. The average Bonchev–Trinajstić information content (AvgIpc) is 2.58. The van der Waals surface area contributed by atoms with Crippen LogP contribution in [0.3, 0.4) is 0 Å². The van der Waals surface area contributed by atoms with Crippen LogP contribution in [0.25, 0.3) is 10.1 Å². The SMILES string of the molecule is CC(O)c1cc2cc(O)c(Cl)c(Cl)c2s1. The molecule has 15 heavy (non-hydrogen) atoms. The van der Waals surface area contributed by atoms with Crippen molar-refractivity contribution < 1.29 is 10.2 Å². The van der Waals surface area contributed by atoms with Crippen molar-refractivity contribution in [3.8, 4) is 5.75 Å². The summed E-state index contributed by atoms with van der Waals surface area (Å²) in [7, 11) is 0. The van der Waals surface area contributed by atoms with Crippen LogP contribution in [0.1, 0.15) is 17.9 Å². The molecule has 1 heterocycles. The number of phenols is 1. The monoisotopic (exact) mass is 262 g/mol. The zero-order chi connectivity index (χ0) is 11.2. The lowest BCUT2D eigenvalue weighted by molar-refractivity contribution is 0.203. The molecule has 2 aromatic rings. The summed E-state index contributed by atoms with van der Waals surface area (Å²) in [6.07, 6.45) is -0.542.